The van der Waals surface area contributed by atoms with Gasteiger partial charge in [0.25, 0.3) is 5.91 Å². The number of ether oxygens (including phenoxy) is 1. The Morgan fingerprint density at radius 1 is 1.50 bits per heavy atom. The number of rotatable bonds is 6. The van der Waals surface area contributed by atoms with Crippen LogP contribution in [0.15, 0.2) is 18.2 Å². The van der Waals surface area contributed by atoms with Gasteiger partial charge < -0.3 is 14.7 Å². The van der Waals surface area contributed by atoms with E-state index in [9.17, 15) is 9.90 Å². The van der Waals surface area contributed by atoms with Crippen molar-refractivity contribution in [2.45, 2.75) is 32.7 Å². The molecule has 0 aromatic heterocycles. The van der Waals surface area contributed by atoms with Crippen LogP contribution in [-0.2, 0) is 4.74 Å². The molecule has 4 nitrogen and oxygen atoms in total. The third-order valence-corrected chi connectivity index (χ3v) is 4.13. The number of phenolic OH excluding ortho intramolecular Hbond substituents is 1. The lowest BCUT2D eigenvalue weighted by Crippen LogP contribution is -2.42. The summed E-state index contributed by atoms with van der Waals surface area (Å²) < 4.78 is 5.12. The van der Waals surface area contributed by atoms with E-state index in [4.69, 9.17) is 4.74 Å². The first-order valence-electron chi connectivity index (χ1n) is 7.14. The molecule has 0 heterocycles. The lowest BCUT2D eigenvalue weighted by molar-refractivity contribution is 0.0593. The maximum absolute atomic E-state index is 12.8. The van der Waals surface area contributed by atoms with Crippen molar-refractivity contribution in [3.63, 3.8) is 0 Å². The molecule has 1 unspecified atom stereocenters. The van der Waals surface area contributed by atoms with Crippen molar-refractivity contribution < 1.29 is 14.6 Å². The number of carbonyl (C=O) groups is 1. The normalized spacial score (nSPS) is 15.9. The Kier molecular flexibility index (Phi) is 4.65. The van der Waals surface area contributed by atoms with E-state index in [-0.39, 0.29) is 17.7 Å². The molecule has 20 heavy (non-hydrogen) atoms. The number of hydrogen-bond acceptors (Lipinski definition) is 3. The molecule has 1 aromatic carbocycles. The van der Waals surface area contributed by atoms with E-state index in [1.807, 2.05) is 4.90 Å². The van der Waals surface area contributed by atoms with Gasteiger partial charge in [0.05, 0.1) is 6.61 Å². The van der Waals surface area contributed by atoms with Gasteiger partial charge in [-0.3, -0.25) is 4.79 Å². The number of amides is 1. The van der Waals surface area contributed by atoms with Gasteiger partial charge in [-0.1, -0.05) is 6.07 Å². The van der Waals surface area contributed by atoms with Crippen molar-refractivity contribution in [2.24, 2.45) is 5.92 Å². The minimum absolute atomic E-state index is 0.0187. The highest BCUT2D eigenvalue weighted by Crippen LogP contribution is 2.36. The molecule has 1 aliphatic rings. The Balaban J connectivity index is 2.22. The van der Waals surface area contributed by atoms with Crippen LogP contribution in [-0.4, -0.2) is 42.2 Å². The Morgan fingerprint density at radius 3 is 2.80 bits per heavy atom. The number of nitrogens with zero attached hydrogens (tertiary/aromatic N) is 1. The molecule has 0 radical (unpaired) electrons. The zero-order valence-corrected chi connectivity index (χ0v) is 12.4. The van der Waals surface area contributed by atoms with Crippen LogP contribution < -0.4 is 0 Å². The summed E-state index contributed by atoms with van der Waals surface area (Å²) in [5, 5.41) is 9.77. The predicted molar refractivity (Wildman–Crippen MR) is 77.9 cm³/mol. The highest BCUT2D eigenvalue weighted by atomic mass is 16.5. The zero-order valence-electron chi connectivity index (χ0n) is 12.4. The topological polar surface area (TPSA) is 49.8 Å². The van der Waals surface area contributed by atoms with Crippen molar-refractivity contribution in [1.29, 1.82) is 0 Å². The first-order valence-corrected chi connectivity index (χ1v) is 7.14. The molecular formula is C16H23NO3. The number of methoxy groups -OCH3 is 1. The van der Waals surface area contributed by atoms with E-state index >= 15 is 0 Å². The van der Waals surface area contributed by atoms with Crippen molar-refractivity contribution >= 4 is 5.91 Å². The monoisotopic (exact) mass is 277 g/mol. The van der Waals surface area contributed by atoms with E-state index < -0.39 is 0 Å². The summed E-state index contributed by atoms with van der Waals surface area (Å²) in [4.78, 5) is 14.6. The quantitative estimate of drug-likeness (QED) is 0.869. The van der Waals surface area contributed by atoms with Gasteiger partial charge in [0, 0.05) is 30.8 Å². The van der Waals surface area contributed by atoms with Crippen molar-refractivity contribution in [3.05, 3.63) is 29.3 Å². The first kappa shape index (κ1) is 14.9. The van der Waals surface area contributed by atoms with Gasteiger partial charge in [-0.05, 0) is 44.7 Å². The lowest BCUT2D eigenvalue weighted by atomic mass is 10.0. The molecular weight excluding hydrogens is 254 g/mol. The smallest absolute Gasteiger partial charge is 0.254 e. The van der Waals surface area contributed by atoms with Gasteiger partial charge in [0.1, 0.15) is 5.75 Å². The molecule has 110 valence electrons. The van der Waals surface area contributed by atoms with Crippen LogP contribution in [0.1, 0.15) is 35.7 Å². The van der Waals surface area contributed by atoms with Gasteiger partial charge in [0.2, 0.25) is 0 Å². The SMILES string of the molecule is COCCN(C(=O)c1cccc(O)c1C)C(C)C1CC1. The van der Waals surface area contributed by atoms with E-state index in [1.165, 1.54) is 12.8 Å². The maximum atomic E-state index is 12.8. The van der Waals surface area contributed by atoms with Crippen molar-refractivity contribution in [1.82, 2.24) is 4.90 Å². The number of benzene rings is 1. The zero-order chi connectivity index (χ0) is 14.7. The molecule has 0 saturated heterocycles. The van der Waals surface area contributed by atoms with Crippen LogP contribution in [0, 0.1) is 12.8 Å². The van der Waals surface area contributed by atoms with Crippen molar-refractivity contribution in [3.8, 4) is 5.75 Å². The molecule has 1 atom stereocenters. The van der Waals surface area contributed by atoms with E-state index in [1.54, 1.807) is 32.2 Å². The number of carbonyl (C=O) groups excluding carboxylic acids is 1. The van der Waals surface area contributed by atoms with E-state index in [2.05, 4.69) is 6.92 Å². The summed E-state index contributed by atoms with van der Waals surface area (Å²) in [5.74, 6) is 0.755. The molecule has 1 saturated carbocycles. The minimum atomic E-state index is -0.0187. The highest BCUT2D eigenvalue weighted by Gasteiger charge is 2.34. The third kappa shape index (κ3) is 3.12. The summed E-state index contributed by atoms with van der Waals surface area (Å²) in [7, 11) is 1.64. The number of hydrogen-bond donors (Lipinski definition) is 1. The van der Waals surface area contributed by atoms with Crippen LogP contribution in [0.5, 0.6) is 5.75 Å². The summed E-state index contributed by atoms with van der Waals surface area (Å²) in [6.45, 7) is 4.99. The highest BCUT2D eigenvalue weighted by molar-refractivity contribution is 5.96. The van der Waals surface area contributed by atoms with Gasteiger partial charge in [-0.25, -0.2) is 0 Å². The molecule has 1 aromatic rings. The Hall–Kier alpha value is -1.55. The molecule has 1 amide bonds. The van der Waals surface area contributed by atoms with Crippen LogP contribution in [0.4, 0.5) is 0 Å². The van der Waals surface area contributed by atoms with E-state index in [0.29, 0.717) is 30.2 Å². The van der Waals surface area contributed by atoms with Gasteiger partial charge >= 0.3 is 0 Å². The average molecular weight is 277 g/mol. The summed E-state index contributed by atoms with van der Waals surface area (Å²) >= 11 is 0. The second-order valence-corrected chi connectivity index (χ2v) is 5.52. The Bertz CT molecular complexity index is 483. The molecule has 2 rings (SSSR count). The molecule has 0 spiro atoms. The van der Waals surface area contributed by atoms with Gasteiger partial charge in [-0.15, -0.1) is 0 Å². The molecule has 0 bridgehead atoms. The van der Waals surface area contributed by atoms with Crippen LogP contribution >= 0.6 is 0 Å². The number of phenols is 1. The predicted octanol–water partition coefficient (Wildman–Crippen LogP) is 2.59. The second kappa shape index (κ2) is 6.27. The fourth-order valence-corrected chi connectivity index (χ4v) is 2.52. The fraction of sp³-hybridized carbons (Fsp3) is 0.562. The summed E-state index contributed by atoms with van der Waals surface area (Å²) in [6.07, 6.45) is 2.38. The maximum Gasteiger partial charge on any atom is 0.254 e. The van der Waals surface area contributed by atoms with Gasteiger partial charge in [0.15, 0.2) is 0 Å². The van der Waals surface area contributed by atoms with Crippen molar-refractivity contribution in [2.75, 3.05) is 20.3 Å². The molecule has 1 N–H and O–H groups in total. The molecule has 0 aliphatic heterocycles. The largest absolute Gasteiger partial charge is 0.508 e. The fourth-order valence-electron chi connectivity index (χ4n) is 2.52. The van der Waals surface area contributed by atoms with Crippen LogP contribution in [0.25, 0.3) is 0 Å². The van der Waals surface area contributed by atoms with Crippen LogP contribution in [0.2, 0.25) is 0 Å². The standard InChI is InChI=1S/C16H23NO3/c1-11-14(5-4-6-15(11)18)16(19)17(9-10-20-3)12(2)13-7-8-13/h4-6,12-13,18H,7-10H2,1-3H3. The molecule has 4 heteroatoms. The summed E-state index contributed by atoms with van der Waals surface area (Å²) in [6, 6.07) is 5.32. The third-order valence-electron chi connectivity index (χ3n) is 4.13. The van der Waals surface area contributed by atoms with E-state index in [0.717, 1.165) is 0 Å². The second-order valence-electron chi connectivity index (χ2n) is 5.52. The lowest BCUT2D eigenvalue weighted by Gasteiger charge is -2.30. The average Bonchev–Trinajstić information content (AvgIpc) is 3.26. The molecule has 1 aliphatic carbocycles. The molecule has 1 fully saturated rings. The Morgan fingerprint density at radius 2 is 2.20 bits per heavy atom. The minimum Gasteiger partial charge on any atom is -0.508 e. The first-order chi connectivity index (χ1) is 9.56. The summed E-state index contributed by atoms with van der Waals surface area (Å²) in [5.41, 5.74) is 1.22. The Labute approximate surface area is 120 Å². The van der Waals surface area contributed by atoms with Gasteiger partial charge in [-0.2, -0.15) is 0 Å². The van der Waals surface area contributed by atoms with Crippen LogP contribution in [0.3, 0.4) is 0 Å². The number of aromatic hydroxyl groups is 1.